The van der Waals surface area contributed by atoms with Crippen LogP contribution in [-0.2, 0) is 7.05 Å². The molecule has 0 unspecified atom stereocenters. The van der Waals surface area contributed by atoms with Crippen LogP contribution in [0, 0.1) is 0 Å². The lowest BCUT2D eigenvalue weighted by Crippen LogP contribution is -2.12. The fraction of sp³-hybridized carbons (Fsp3) is 0.0588. The lowest BCUT2D eigenvalue weighted by molar-refractivity contribution is 0.102. The van der Waals surface area contributed by atoms with Crippen molar-refractivity contribution in [2.24, 2.45) is 7.05 Å². The first kappa shape index (κ1) is 15.8. The van der Waals surface area contributed by atoms with Crippen LogP contribution in [0.2, 0.25) is 10.0 Å². The van der Waals surface area contributed by atoms with E-state index in [0.29, 0.717) is 38.0 Å². The van der Waals surface area contributed by atoms with Crippen molar-refractivity contribution in [2.45, 2.75) is 0 Å². The van der Waals surface area contributed by atoms with Gasteiger partial charge in [0.25, 0.3) is 5.91 Å². The lowest BCUT2D eigenvalue weighted by atomic mass is 10.0. The Balaban J connectivity index is 1.77. The van der Waals surface area contributed by atoms with Crippen LogP contribution in [0.3, 0.4) is 0 Å². The fourth-order valence-electron chi connectivity index (χ4n) is 2.74. The number of aryl methyl sites for hydroxylation is 1. The third-order valence-corrected chi connectivity index (χ3v) is 4.57. The fourth-order valence-corrected chi connectivity index (χ4v) is 3.04. The van der Waals surface area contributed by atoms with E-state index >= 15 is 0 Å². The number of phenols is 1. The average molecular weight is 376 g/mol. The third-order valence-electron chi connectivity index (χ3n) is 3.83. The van der Waals surface area contributed by atoms with Gasteiger partial charge in [-0.2, -0.15) is 5.10 Å². The van der Waals surface area contributed by atoms with E-state index in [1.54, 1.807) is 42.3 Å². The van der Waals surface area contributed by atoms with E-state index in [4.69, 9.17) is 27.6 Å². The number of anilines is 1. The highest BCUT2D eigenvalue weighted by Crippen LogP contribution is 2.43. The van der Waals surface area contributed by atoms with Gasteiger partial charge in [0.2, 0.25) is 0 Å². The Morgan fingerprint density at radius 1 is 1.28 bits per heavy atom. The molecule has 4 rings (SSSR count). The zero-order valence-corrected chi connectivity index (χ0v) is 14.4. The first-order valence-corrected chi connectivity index (χ1v) is 8.03. The molecule has 0 radical (unpaired) electrons. The maximum absolute atomic E-state index is 12.8. The second-order valence-corrected chi connectivity index (χ2v) is 6.38. The van der Waals surface area contributed by atoms with E-state index in [1.807, 2.05) is 0 Å². The maximum Gasteiger partial charge on any atom is 0.260 e. The van der Waals surface area contributed by atoms with Gasteiger partial charge in [-0.25, -0.2) is 0 Å². The zero-order chi connectivity index (χ0) is 17.7. The molecule has 2 N–H and O–H groups in total. The smallest absolute Gasteiger partial charge is 0.260 e. The monoisotopic (exact) mass is 375 g/mol. The molecule has 3 heterocycles. The molecule has 2 bridgehead atoms. The van der Waals surface area contributed by atoms with Gasteiger partial charge >= 0.3 is 0 Å². The molecule has 0 saturated heterocycles. The number of amides is 1. The van der Waals surface area contributed by atoms with E-state index in [-0.39, 0.29) is 17.2 Å². The van der Waals surface area contributed by atoms with Crippen molar-refractivity contribution in [3.8, 4) is 16.9 Å². The van der Waals surface area contributed by atoms with Gasteiger partial charge in [0.1, 0.15) is 5.58 Å². The number of carbonyl (C=O) groups is 1. The third kappa shape index (κ3) is 2.59. The highest BCUT2D eigenvalue weighted by molar-refractivity contribution is 6.42. The predicted molar refractivity (Wildman–Crippen MR) is 95.7 cm³/mol. The predicted octanol–water partition coefficient (Wildman–Crippen LogP) is 4.54. The van der Waals surface area contributed by atoms with Crippen LogP contribution in [0.15, 0.2) is 41.1 Å². The van der Waals surface area contributed by atoms with Gasteiger partial charge in [0, 0.05) is 36.1 Å². The van der Waals surface area contributed by atoms with Crippen LogP contribution in [0.4, 0.5) is 5.69 Å². The lowest BCUT2D eigenvalue weighted by Gasteiger charge is -2.08. The van der Waals surface area contributed by atoms with E-state index in [2.05, 4.69) is 10.4 Å². The van der Waals surface area contributed by atoms with Crippen molar-refractivity contribution in [3.63, 3.8) is 0 Å². The summed E-state index contributed by atoms with van der Waals surface area (Å²) in [6.45, 7) is 0. The number of rotatable bonds is 3. The summed E-state index contributed by atoms with van der Waals surface area (Å²) in [5.41, 5.74) is 2.55. The van der Waals surface area contributed by atoms with Crippen molar-refractivity contribution < 1.29 is 14.3 Å². The number of nitrogens with zero attached hydrogens (tertiary/aromatic N) is 2. The molecular formula is C17H11Cl2N3O3. The van der Waals surface area contributed by atoms with Crippen LogP contribution in [0.1, 0.15) is 10.4 Å². The SMILES string of the molecule is Cn1cc(-c2c(C(=O)Nc3ccc(Cl)c(Cl)c3)c3cc(O)c2o3)cn1. The number of halogens is 2. The number of phenolic OH excluding ortho intramolecular Hbond substituents is 1. The summed E-state index contributed by atoms with van der Waals surface area (Å²) in [4.78, 5) is 12.8. The van der Waals surface area contributed by atoms with Gasteiger partial charge in [-0.15, -0.1) is 0 Å². The number of furan rings is 2. The van der Waals surface area contributed by atoms with Gasteiger partial charge < -0.3 is 14.8 Å². The Morgan fingerprint density at radius 3 is 2.76 bits per heavy atom. The van der Waals surface area contributed by atoms with Crippen molar-refractivity contribution in [3.05, 3.63) is 52.3 Å². The molecular weight excluding hydrogens is 365 g/mol. The topological polar surface area (TPSA) is 80.3 Å². The van der Waals surface area contributed by atoms with E-state index in [1.165, 1.54) is 6.07 Å². The van der Waals surface area contributed by atoms with Crippen LogP contribution in [-0.4, -0.2) is 20.8 Å². The minimum atomic E-state index is -0.383. The summed E-state index contributed by atoms with van der Waals surface area (Å²) in [7, 11) is 1.76. The molecule has 0 saturated carbocycles. The second kappa shape index (κ2) is 5.68. The van der Waals surface area contributed by atoms with Gasteiger partial charge in [-0.3, -0.25) is 9.48 Å². The number of aromatic nitrogens is 2. The molecule has 0 spiro atoms. The molecule has 0 aliphatic carbocycles. The van der Waals surface area contributed by atoms with Gasteiger partial charge in [0.05, 0.1) is 21.8 Å². The molecule has 0 aliphatic rings. The number of benzene rings is 2. The van der Waals surface area contributed by atoms with Crippen LogP contribution >= 0.6 is 23.2 Å². The quantitative estimate of drug-likeness (QED) is 0.550. The van der Waals surface area contributed by atoms with E-state index in [9.17, 15) is 9.90 Å². The van der Waals surface area contributed by atoms with Crippen molar-refractivity contribution in [1.29, 1.82) is 0 Å². The van der Waals surface area contributed by atoms with Crippen LogP contribution in [0.5, 0.6) is 5.75 Å². The Hall–Kier alpha value is -2.70. The van der Waals surface area contributed by atoms with E-state index in [0.717, 1.165) is 0 Å². The number of hydrogen-bond acceptors (Lipinski definition) is 4. The summed E-state index contributed by atoms with van der Waals surface area (Å²) in [5.74, 6) is -0.397. The first-order chi connectivity index (χ1) is 11.9. The molecule has 3 aromatic heterocycles. The second-order valence-electron chi connectivity index (χ2n) is 5.56. The largest absolute Gasteiger partial charge is 0.504 e. The maximum atomic E-state index is 12.8. The summed E-state index contributed by atoms with van der Waals surface area (Å²) < 4.78 is 7.15. The van der Waals surface area contributed by atoms with Crippen molar-refractivity contribution in [2.75, 3.05) is 5.32 Å². The average Bonchev–Trinajstić information content (AvgIpc) is 3.24. The van der Waals surface area contributed by atoms with Gasteiger partial charge in [-0.1, -0.05) is 23.2 Å². The number of fused-ring (bicyclic) bond motifs is 2. The summed E-state index contributed by atoms with van der Waals surface area (Å²) in [5, 5.41) is 17.6. The number of aromatic hydroxyl groups is 1. The molecule has 0 fully saturated rings. The molecule has 1 aromatic carbocycles. The number of nitrogens with one attached hydrogen (secondary N) is 1. The van der Waals surface area contributed by atoms with Crippen LogP contribution < -0.4 is 5.32 Å². The minimum Gasteiger partial charge on any atom is -0.504 e. The molecule has 0 atom stereocenters. The Morgan fingerprint density at radius 2 is 2.08 bits per heavy atom. The summed E-state index contributed by atoms with van der Waals surface area (Å²) in [6.07, 6.45) is 3.35. The van der Waals surface area contributed by atoms with Crippen LogP contribution in [0.25, 0.3) is 22.3 Å². The normalized spacial score (nSPS) is 11.3. The van der Waals surface area contributed by atoms with Gasteiger partial charge in [-0.05, 0) is 18.2 Å². The zero-order valence-electron chi connectivity index (χ0n) is 12.9. The summed E-state index contributed by atoms with van der Waals surface area (Å²) >= 11 is 11.9. The Labute approximate surface area is 151 Å². The highest BCUT2D eigenvalue weighted by atomic mass is 35.5. The summed E-state index contributed by atoms with van der Waals surface area (Å²) in [6, 6.07) is 6.22. The van der Waals surface area contributed by atoms with Crippen molar-refractivity contribution in [1.82, 2.24) is 9.78 Å². The Kier molecular flexibility index (Phi) is 3.59. The first-order valence-electron chi connectivity index (χ1n) is 7.27. The molecule has 0 aliphatic heterocycles. The minimum absolute atomic E-state index is 0.0139. The standard InChI is InChI=1S/C17H11Cl2N3O3/c1-22-7-8(6-20-22)14-15(13-5-12(23)16(14)25-13)17(24)21-9-2-3-10(18)11(19)4-9/h2-7,23H,1H3,(H,21,24). The molecule has 6 nitrogen and oxygen atoms in total. The molecule has 126 valence electrons. The molecule has 25 heavy (non-hydrogen) atoms. The molecule has 8 heteroatoms. The molecule has 1 amide bonds. The van der Waals surface area contributed by atoms with E-state index < -0.39 is 0 Å². The Bertz CT molecular complexity index is 1100. The number of carbonyl (C=O) groups excluding carboxylic acids is 1. The van der Waals surface area contributed by atoms with Crippen molar-refractivity contribution >= 4 is 46.0 Å². The highest BCUT2D eigenvalue weighted by Gasteiger charge is 2.28. The number of hydrogen-bond donors (Lipinski definition) is 2. The van der Waals surface area contributed by atoms with Gasteiger partial charge in [0.15, 0.2) is 11.3 Å². The molecule has 4 aromatic rings.